The lowest BCUT2D eigenvalue weighted by molar-refractivity contribution is -0.0106. The van der Waals surface area contributed by atoms with E-state index in [0.717, 1.165) is 12.8 Å². The Bertz CT molecular complexity index is 108. The third-order valence-corrected chi connectivity index (χ3v) is 2.99. The second kappa shape index (κ2) is 5.58. The molecule has 0 amide bonds. The van der Waals surface area contributed by atoms with Gasteiger partial charge < -0.3 is 5.11 Å². The average Bonchev–Trinajstić information content (AvgIpc) is 2.05. The third-order valence-electron chi connectivity index (χ3n) is 2.99. The van der Waals surface area contributed by atoms with Crippen LogP contribution in [0.1, 0.15) is 59.8 Å². The fourth-order valence-corrected chi connectivity index (χ4v) is 1.69. The number of hydrogen-bond acceptors (Lipinski definition) is 1. The molecule has 2 unspecified atom stereocenters. The molecule has 0 aromatic heterocycles. The van der Waals surface area contributed by atoms with Gasteiger partial charge in [0.15, 0.2) is 0 Å². The number of rotatable bonds is 6. The highest BCUT2D eigenvalue weighted by molar-refractivity contribution is 4.79. The molecule has 0 aliphatic carbocycles. The molecule has 1 heteroatoms. The Balaban J connectivity index is 3.95. The van der Waals surface area contributed by atoms with Gasteiger partial charge in [0.05, 0.1) is 5.60 Å². The van der Waals surface area contributed by atoms with Gasteiger partial charge >= 0.3 is 0 Å². The SMILES string of the molecule is CCCCC(CC)C(C)(O)CC. The van der Waals surface area contributed by atoms with Crippen molar-refractivity contribution in [2.75, 3.05) is 0 Å². The molecule has 12 heavy (non-hydrogen) atoms. The zero-order valence-electron chi connectivity index (χ0n) is 9.06. The number of unbranched alkanes of at least 4 members (excludes halogenated alkanes) is 1. The van der Waals surface area contributed by atoms with Crippen molar-refractivity contribution < 1.29 is 5.11 Å². The summed E-state index contributed by atoms with van der Waals surface area (Å²) in [5.74, 6) is 0.488. The van der Waals surface area contributed by atoms with E-state index in [-0.39, 0.29) is 0 Å². The van der Waals surface area contributed by atoms with Crippen molar-refractivity contribution in [3.05, 3.63) is 0 Å². The summed E-state index contributed by atoms with van der Waals surface area (Å²) >= 11 is 0. The first-order valence-electron chi connectivity index (χ1n) is 5.30. The Labute approximate surface area is 77.2 Å². The van der Waals surface area contributed by atoms with Crippen molar-refractivity contribution >= 4 is 0 Å². The monoisotopic (exact) mass is 172 g/mol. The highest BCUT2D eigenvalue weighted by atomic mass is 16.3. The molecular formula is C11H24O. The molecule has 0 saturated heterocycles. The van der Waals surface area contributed by atoms with Crippen molar-refractivity contribution in [2.45, 2.75) is 65.4 Å². The van der Waals surface area contributed by atoms with Gasteiger partial charge in [0, 0.05) is 0 Å². The molecule has 0 spiro atoms. The van der Waals surface area contributed by atoms with Crippen molar-refractivity contribution in [1.82, 2.24) is 0 Å². The lowest BCUT2D eigenvalue weighted by atomic mass is 9.81. The van der Waals surface area contributed by atoms with Crippen molar-refractivity contribution in [3.8, 4) is 0 Å². The fourth-order valence-electron chi connectivity index (χ4n) is 1.69. The normalized spacial score (nSPS) is 18.8. The van der Waals surface area contributed by atoms with Gasteiger partial charge in [0.25, 0.3) is 0 Å². The van der Waals surface area contributed by atoms with E-state index in [4.69, 9.17) is 0 Å². The molecule has 0 radical (unpaired) electrons. The highest BCUT2D eigenvalue weighted by Crippen LogP contribution is 2.28. The first-order chi connectivity index (χ1) is 5.58. The summed E-state index contributed by atoms with van der Waals surface area (Å²) in [5, 5.41) is 10.0. The predicted molar refractivity (Wildman–Crippen MR) is 54.2 cm³/mol. The Morgan fingerprint density at radius 1 is 1.25 bits per heavy atom. The van der Waals surface area contributed by atoms with Crippen LogP contribution in [0, 0.1) is 5.92 Å². The van der Waals surface area contributed by atoms with E-state index in [0.29, 0.717) is 5.92 Å². The van der Waals surface area contributed by atoms with E-state index < -0.39 is 5.60 Å². The van der Waals surface area contributed by atoms with Crippen molar-refractivity contribution in [3.63, 3.8) is 0 Å². The van der Waals surface area contributed by atoms with Crippen molar-refractivity contribution in [1.29, 1.82) is 0 Å². The van der Waals surface area contributed by atoms with Crippen LogP contribution in [0.2, 0.25) is 0 Å². The maximum atomic E-state index is 10.0. The lowest BCUT2D eigenvalue weighted by Gasteiger charge is -2.31. The van der Waals surface area contributed by atoms with Gasteiger partial charge in [0.1, 0.15) is 0 Å². The van der Waals surface area contributed by atoms with E-state index in [1.54, 1.807) is 0 Å². The molecule has 2 atom stereocenters. The molecule has 0 saturated carbocycles. The molecule has 0 aliphatic rings. The van der Waals surface area contributed by atoms with Crippen LogP contribution in [0.4, 0.5) is 0 Å². The minimum Gasteiger partial charge on any atom is -0.390 e. The van der Waals surface area contributed by atoms with Gasteiger partial charge in [0.2, 0.25) is 0 Å². The Morgan fingerprint density at radius 2 is 1.83 bits per heavy atom. The zero-order valence-corrected chi connectivity index (χ0v) is 9.06. The molecule has 0 aromatic carbocycles. The van der Waals surface area contributed by atoms with Gasteiger partial charge in [-0.3, -0.25) is 0 Å². The number of hydrogen-bond donors (Lipinski definition) is 1. The van der Waals surface area contributed by atoms with Crippen LogP contribution < -0.4 is 0 Å². The molecule has 0 fully saturated rings. The zero-order chi connectivity index (χ0) is 9.61. The van der Waals surface area contributed by atoms with E-state index in [2.05, 4.69) is 20.8 Å². The van der Waals surface area contributed by atoms with Crippen LogP contribution in [0.15, 0.2) is 0 Å². The average molecular weight is 172 g/mol. The van der Waals surface area contributed by atoms with Crippen LogP contribution in [0.25, 0.3) is 0 Å². The second-order valence-electron chi connectivity index (χ2n) is 3.96. The maximum absolute atomic E-state index is 10.0. The first-order valence-corrected chi connectivity index (χ1v) is 5.30. The van der Waals surface area contributed by atoms with E-state index in [1.165, 1.54) is 19.3 Å². The van der Waals surface area contributed by atoms with Crippen LogP contribution in [0.3, 0.4) is 0 Å². The molecule has 0 aromatic rings. The predicted octanol–water partition coefficient (Wildman–Crippen LogP) is 3.36. The second-order valence-corrected chi connectivity index (χ2v) is 3.96. The molecule has 1 N–H and O–H groups in total. The van der Waals surface area contributed by atoms with Gasteiger partial charge in [-0.05, 0) is 25.7 Å². The molecule has 0 aliphatic heterocycles. The van der Waals surface area contributed by atoms with Gasteiger partial charge in [-0.1, -0.05) is 40.0 Å². The van der Waals surface area contributed by atoms with Gasteiger partial charge in [-0.25, -0.2) is 0 Å². The smallest absolute Gasteiger partial charge is 0.0645 e. The van der Waals surface area contributed by atoms with E-state index in [9.17, 15) is 5.11 Å². The van der Waals surface area contributed by atoms with Crippen LogP contribution in [0.5, 0.6) is 0 Å². The van der Waals surface area contributed by atoms with Crippen LogP contribution in [-0.4, -0.2) is 10.7 Å². The summed E-state index contributed by atoms with van der Waals surface area (Å²) in [5.41, 5.74) is -0.441. The Hall–Kier alpha value is -0.0400. The Kier molecular flexibility index (Phi) is 5.56. The summed E-state index contributed by atoms with van der Waals surface area (Å²) in [4.78, 5) is 0. The summed E-state index contributed by atoms with van der Waals surface area (Å²) in [6.07, 6.45) is 5.62. The highest BCUT2D eigenvalue weighted by Gasteiger charge is 2.27. The molecule has 1 nitrogen and oxygen atoms in total. The lowest BCUT2D eigenvalue weighted by Crippen LogP contribution is -2.33. The van der Waals surface area contributed by atoms with Gasteiger partial charge in [-0.15, -0.1) is 0 Å². The summed E-state index contributed by atoms with van der Waals surface area (Å²) in [6, 6.07) is 0. The summed E-state index contributed by atoms with van der Waals surface area (Å²) < 4.78 is 0. The molecule has 74 valence electrons. The topological polar surface area (TPSA) is 20.2 Å². The number of aliphatic hydroxyl groups is 1. The maximum Gasteiger partial charge on any atom is 0.0645 e. The fraction of sp³-hybridized carbons (Fsp3) is 1.00. The summed E-state index contributed by atoms with van der Waals surface area (Å²) in [6.45, 7) is 8.41. The van der Waals surface area contributed by atoms with E-state index >= 15 is 0 Å². The molecule has 0 heterocycles. The van der Waals surface area contributed by atoms with E-state index in [1.807, 2.05) is 6.92 Å². The van der Waals surface area contributed by atoms with Crippen LogP contribution in [-0.2, 0) is 0 Å². The standard InChI is InChI=1S/C11H24O/c1-5-8-9-10(6-2)11(4,12)7-3/h10,12H,5-9H2,1-4H3. The minimum absolute atomic E-state index is 0.441. The largest absolute Gasteiger partial charge is 0.390 e. The Morgan fingerprint density at radius 3 is 2.17 bits per heavy atom. The third kappa shape index (κ3) is 3.57. The van der Waals surface area contributed by atoms with Gasteiger partial charge in [-0.2, -0.15) is 0 Å². The van der Waals surface area contributed by atoms with Crippen molar-refractivity contribution in [2.24, 2.45) is 5.92 Å². The minimum atomic E-state index is -0.441. The first kappa shape index (κ1) is 12.0. The molecule has 0 rings (SSSR count). The molecular weight excluding hydrogens is 148 g/mol. The quantitative estimate of drug-likeness (QED) is 0.651. The van der Waals surface area contributed by atoms with Crippen LogP contribution >= 0.6 is 0 Å². The summed E-state index contributed by atoms with van der Waals surface area (Å²) in [7, 11) is 0. The molecule has 0 bridgehead atoms.